The molecule has 0 atom stereocenters. The zero-order valence-electron chi connectivity index (χ0n) is 23.8. The van der Waals surface area contributed by atoms with Crippen LogP contribution in [0, 0.1) is 18.6 Å². The standard InChI is InChI=1S/C30H32F2N6O3/c1-7-9-17-11-12-19(31)22(32)18(17)14-41-20-10-8-13-38-23(16(2)34-27(20)38)26-35-24(33-15-29(3,4)40)21-25(36-26)37-28(39)30(21,5)6/h7-13,40H,14-15H2,1-6H3,(H2,33,35,36,37,39)/b9-7+. The molecule has 1 aliphatic heterocycles. The summed E-state index contributed by atoms with van der Waals surface area (Å²) in [6.45, 7) is 10.5. The molecule has 5 rings (SSSR count). The van der Waals surface area contributed by atoms with E-state index in [1.807, 2.05) is 0 Å². The van der Waals surface area contributed by atoms with E-state index in [1.165, 1.54) is 6.07 Å². The summed E-state index contributed by atoms with van der Waals surface area (Å²) in [5.74, 6) is -0.667. The fourth-order valence-corrected chi connectivity index (χ4v) is 4.83. The Morgan fingerprint density at radius 3 is 2.66 bits per heavy atom. The summed E-state index contributed by atoms with van der Waals surface area (Å²) < 4.78 is 36.4. The van der Waals surface area contributed by atoms with E-state index in [1.54, 1.807) is 76.4 Å². The Bertz CT molecular complexity index is 1710. The molecule has 0 bridgehead atoms. The Balaban J connectivity index is 1.58. The number of benzene rings is 1. The quantitative estimate of drug-likeness (QED) is 0.263. The molecule has 1 aliphatic rings. The highest BCUT2D eigenvalue weighted by Crippen LogP contribution is 2.42. The zero-order valence-corrected chi connectivity index (χ0v) is 23.8. The minimum Gasteiger partial charge on any atom is -0.485 e. The monoisotopic (exact) mass is 562 g/mol. The normalized spacial score (nSPS) is 14.5. The highest BCUT2D eigenvalue weighted by molar-refractivity contribution is 6.06. The second-order valence-electron chi connectivity index (χ2n) is 11.2. The third-order valence-electron chi connectivity index (χ3n) is 6.97. The number of halogens is 2. The Morgan fingerprint density at radius 1 is 1.20 bits per heavy atom. The molecule has 0 saturated carbocycles. The molecule has 1 aromatic carbocycles. The molecule has 0 saturated heterocycles. The molecule has 0 spiro atoms. The van der Waals surface area contributed by atoms with Crippen LogP contribution in [0.1, 0.15) is 57.0 Å². The number of allylic oxidation sites excluding steroid dienone is 1. The SMILES string of the molecule is C/C=C/c1ccc(F)c(F)c1COc1cccn2c(-c3nc(NCC(C)(C)O)c4c(n3)NC(=O)C4(C)C)c(C)nc12. The number of ether oxygens (including phenoxy) is 1. The predicted molar refractivity (Wildman–Crippen MR) is 153 cm³/mol. The molecular weight excluding hydrogens is 530 g/mol. The zero-order chi connectivity index (χ0) is 29.7. The average Bonchev–Trinajstić information content (AvgIpc) is 3.36. The van der Waals surface area contributed by atoms with Crippen LogP contribution in [-0.4, -0.2) is 42.5 Å². The van der Waals surface area contributed by atoms with E-state index in [2.05, 4.69) is 20.6 Å². The van der Waals surface area contributed by atoms with Crippen molar-refractivity contribution in [2.24, 2.45) is 0 Å². The number of nitrogens with zero attached hydrogens (tertiary/aromatic N) is 4. The molecule has 9 nitrogen and oxygen atoms in total. The third kappa shape index (κ3) is 5.13. The largest absolute Gasteiger partial charge is 0.485 e. The van der Waals surface area contributed by atoms with Crippen molar-refractivity contribution in [3.8, 4) is 17.3 Å². The number of hydrogen-bond donors (Lipinski definition) is 3. The lowest BCUT2D eigenvalue weighted by Crippen LogP contribution is -2.32. The van der Waals surface area contributed by atoms with Gasteiger partial charge in [0, 0.05) is 18.3 Å². The lowest BCUT2D eigenvalue weighted by Gasteiger charge is -2.23. The lowest BCUT2D eigenvalue weighted by molar-refractivity contribution is -0.119. The minimum absolute atomic E-state index is 0.0939. The van der Waals surface area contributed by atoms with Crippen molar-refractivity contribution >= 4 is 29.3 Å². The number of amides is 1. The number of nitrogens with one attached hydrogen (secondary N) is 2. The van der Waals surface area contributed by atoms with Crippen LogP contribution < -0.4 is 15.4 Å². The van der Waals surface area contributed by atoms with Crippen LogP contribution in [0.2, 0.25) is 0 Å². The lowest BCUT2D eigenvalue weighted by atomic mass is 9.87. The van der Waals surface area contributed by atoms with Crippen LogP contribution in [0.5, 0.6) is 5.75 Å². The van der Waals surface area contributed by atoms with Gasteiger partial charge >= 0.3 is 0 Å². The van der Waals surface area contributed by atoms with Gasteiger partial charge in [-0.05, 0) is 65.3 Å². The molecule has 4 heterocycles. The molecule has 3 aromatic heterocycles. The van der Waals surface area contributed by atoms with Gasteiger partial charge in [0.25, 0.3) is 0 Å². The summed E-state index contributed by atoms with van der Waals surface area (Å²) in [4.78, 5) is 26.9. The van der Waals surface area contributed by atoms with Gasteiger partial charge in [-0.15, -0.1) is 0 Å². The van der Waals surface area contributed by atoms with Crippen molar-refractivity contribution in [3.63, 3.8) is 0 Å². The number of carbonyl (C=O) groups excluding carboxylic acids is 1. The van der Waals surface area contributed by atoms with Crippen molar-refractivity contribution < 1.29 is 23.4 Å². The summed E-state index contributed by atoms with van der Waals surface area (Å²) in [6, 6.07) is 6.03. The van der Waals surface area contributed by atoms with Crippen molar-refractivity contribution in [1.82, 2.24) is 19.4 Å². The smallest absolute Gasteiger partial charge is 0.235 e. The van der Waals surface area contributed by atoms with E-state index in [-0.39, 0.29) is 24.6 Å². The third-order valence-corrected chi connectivity index (χ3v) is 6.97. The number of carbonyl (C=O) groups is 1. The van der Waals surface area contributed by atoms with Gasteiger partial charge in [-0.2, -0.15) is 0 Å². The summed E-state index contributed by atoms with van der Waals surface area (Å²) >= 11 is 0. The number of aromatic nitrogens is 4. The van der Waals surface area contributed by atoms with E-state index in [4.69, 9.17) is 9.72 Å². The second-order valence-corrected chi connectivity index (χ2v) is 11.2. The van der Waals surface area contributed by atoms with E-state index >= 15 is 0 Å². The number of imidazole rings is 1. The van der Waals surface area contributed by atoms with Gasteiger partial charge in [0.2, 0.25) is 5.91 Å². The van der Waals surface area contributed by atoms with Crippen LogP contribution in [0.4, 0.5) is 20.4 Å². The van der Waals surface area contributed by atoms with Gasteiger partial charge in [0.15, 0.2) is 28.9 Å². The second kappa shape index (κ2) is 10.2. The highest BCUT2D eigenvalue weighted by atomic mass is 19.2. The first-order valence-electron chi connectivity index (χ1n) is 13.2. The van der Waals surface area contributed by atoms with Gasteiger partial charge in [0.05, 0.1) is 22.3 Å². The Morgan fingerprint density at radius 2 is 1.95 bits per heavy atom. The number of anilines is 2. The molecule has 4 aromatic rings. The number of hydrogen-bond acceptors (Lipinski definition) is 7. The van der Waals surface area contributed by atoms with Gasteiger partial charge < -0.3 is 20.5 Å². The van der Waals surface area contributed by atoms with E-state index in [0.717, 1.165) is 6.07 Å². The Kier molecular flexibility index (Phi) is 7.02. The molecule has 41 heavy (non-hydrogen) atoms. The highest BCUT2D eigenvalue weighted by Gasteiger charge is 2.43. The van der Waals surface area contributed by atoms with Crippen LogP contribution in [0.3, 0.4) is 0 Å². The molecule has 0 fully saturated rings. The van der Waals surface area contributed by atoms with E-state index in [0.29, 0.717) is 51.4 Å². The molecular formula is C30H32F2N6O3. The summed E-state index contributed by atoms with van der Waals surface area (Å²) in [5.41, 5.74) is 0.886. The van der Waals surface area contributed by atoms with Gasteiger partial charge in [-0.3, -0.25) is 9.20 Å². The summed E-state index contributed by atoms with van der Waals surface area (Å²) in [7, 11) is 0. The number of aryl methyl sites for hydroxylation is 1. The van der Waals surface area contributed by atoms with Crippen LogP contribution in [0.25, 0.3) is 23.2 Å². The Labute approximate surface area is 236 Å². The summed E-state index contributed by atoms with van der Waals surface area (Å²) in [6.07, 6.45) is 5.20. The predicted octanol–water partition coefficient (Wildman–Crippen LogP) is 5.40. The van der Waals surface area contributed by atoms with Crippen LogP contribution in [-0.2, 0) is 16.8 Å². The van der Waals surface area contributed by atoms with Crippen LogP contribution in [0.15, 0.2) is 36.5 Å². The van der Waals surface area contributed by atoms with Crippen molar-refractivity contribution in [3.05, 3.63) is 70.6 Å². The van der Waals surface area contributed by atoms with E-state index < -0.39 is 22.7 Å². The Hall–Kier alpha value is -4.38. The van der Waals surface area contributed by atoms with Crippen LogP contribution >= 0.6 is 0 Å². The molecule has 0 aliphatic carbocycles. The molecule has 3 N–H and O–H groups in total. The number of fused-ring (bicyclic) bond motifs is 2. The van der Waals surface area contributed by atoms with Crippen molar-refractivity contribution in [2.75, 3.05) is 17.2 Å². The van der Waals surface area contributed by atoms with Gasteiger partial charge in [0.1, 0.15) is 23.9 Å². The maximum Gasteiger partial charge on any atom is 0.235 e. The molecule has 0 radical (unpaired) electrons. The number of rotatable bonds is 8. The first kappa shape index (κ1) is 28.2. The van der Waals surface area contributed by atoms with Crippen molar-refractivity contribution in [1.29, 1.82) is 0 Å². The van der Waals surface area contributed by atoms with Gasteiger partial charge in [-0.1, -0.05) is 18.2 Å². The average molecular weight is 563 g/mol. The van der Waals surface area contributed by atoms with Crippen molar-refractivity contribution in [2.45, 2.75) is 59.2 Å². The molecule has 0 unspecified atom stereocenters. The topological polar surface area (TPSA) is 114 Å². The summed E-state index contributed by atoms with van der Waals surface area (Å²) in [5, 5.41) is 16.4. The molecule has 1 amide bonds. The maximum atomic E-state index is 14.7. The minimum atomic E-state index is -1.03. The number of pyridine rings is 1. The molecule has 11 heteroatoms. The van der Waals surface area contributed by atoms with Gasteiger partial charge in [-0.25, -0.2) is 23.7 Å². The fourth-order valence-electron chi connectivity index (χ4n) is 4.83. The maximum absolute atomic E-state index is 14.7. The number of aliphatic hydroxyl groups is 1. The molecule has 214 valence electrons. The van der Waals surface area contributed by atoms with E-state index in [9.17, 15) is 18.7 Å². The first-order chi connectivity index (χ1) is 19.3. The fraction of sp³-hybridized carbons (Fsp3) is 0.333. The first-order valence-corrected chi connectivity index (χ1v) is 13.2.